The first-order valence-corrected chi connectivity index (χ1v) is 6.47. The van der Waals surface area contributed by atoms with Gasteiger partial charge < -0.3 is 4.48 Å². The molecule has 4 heteroatoms. The SMILES string of the molecule is N#Cc1ccc(C[N+]23CCN(CC2)CC3)c(F)c1. The molecule has 0 saturated carbocycles. The first kappa shape index (κ1) is 11.6. The minimum atomic E-state index is -0.227. The monoisotopic (exact) mass is 246 g/mol. The fraction of sp³-hybridized carbons (Fsp3) is 0.500. The highest BCUT2D eigenvalue weighted by molar-refractivity contribution is 5.32. The highest BCUT2D eigenvalue weighted by Gasteiger charge is 2.38. The van der Waals surface area contributed by atoms with Crippen molar-refractivity contribution in [2.45, 2.75) is 6.54 Å². The van der Waals surface area contributed by atoms with Gasteiger partial charge in [-0.3, -0.25) is 4.90 Å². The molecular weight excluding hydrogens is 229 g/mol. The Hall–Kier alpha value is -1.44. The standard InChI is InChI=1S/C14H17FN3/c15-14-9-12(10-16)1-2-13(14)11-18-6-3-17(4-7-18)5-8-18/h1-2,9H,3-8,11H2/q+1. The van der Waals surface area contributed by atoms with Crippen LogP contribution in [0.4, 0.5) is 4.39 Å². The fourth-order valence-electron chi connectivity index (χ4n) is 3.08. The summed E-state index contributed by atoms with van der Waals surface area (Å²) in [6.07, 6.45) is 0. The molecule has 0 unspecified atom stereocenters. The molecule has 0 N–H and O–H groups in total. The molecule has 1 aromatic rings. The molecule has 4 rings (SSSR count). The summed E-state index contributed by atoms with van der Waals surface area (Å²) in [6.45, 7) is 7.55. The number of nitriles is 1. The van der Waals surface area contributed by atoms with Gasteiger partial charge in [-0.05, 0) is 18.2 Å². The van der Waals surface area contributed by atoms with Crippen molar-refractivity contribution in [3.05, 3.63) is 35.1 Å². The number of hydrogen-bond donors (Lipinski definition) is 0. The van der Waals surface area contributed by atoms with Crippen LogP contribution in [0, 0.1) is 17.1 Å². The largest absolute Gasteiger partial charge is 0.317 e. The lowest BCUT2D eigenvalue weighted by Crippen LogP contribution is -2.66. The van der Waals surface area contributed by atoms with Crippen molar-refractivity contribution in [3.63, 3.8) is 0 Å². The molecule has 18 heavy (non-hydrogen) atoms. The number of rotatable bonds is 2. The normalized spacial score (nSPS) is 30.1. The zero-order valence-electron chi connectivity index (χ0n) is 10.4. The van der Waals surface area contributed by atoms with Gasteiger partial charge in [0.15, 0.2) is 0 Å². The molecule has 0 radical (unpaired) electrons. The average Bonchev–Trinajstić information content (AvgIpc) is 2.43. The Labute approximate surface area is 107 Å². The van der Waals surface area contributed by atoms with Crippen molar-refractivity contribution in [2.24, 2.45) is 0 Å². The van der Waals surface area contributed by atoms with E-state index in [0.29, 0.717) is 5.56 Å². The number of hydrogen-bond acceptors (Lipinski definition) is 2. The van der Waals surface area contributed by atoms with E-state index in [9.17, 15) is 4.39 Å². The summed E-state index contributed by atoms with van der Waals surface area (Å²) in [7, 11) is 0. The van der Waals surface area contributed by atoms with Crippen molar-refractivity contribution in [1.29, 1.82) is 5.26 Å². The highest BCUT2D eigenvalue weighted by Crippen LogP contribution is 2.24. The van der Waals surface area contributed by atoms with E-state index >= 15 is 0 Å². The molecule has 0 amide bonds. The van der Waals surface area contributed by atoms with Crippen molar-refractivity contribution in [1.82, 2.24) is 4.90 Å². The van der Waals surface area contributed by atoms with Gasteiger partial charge in [-0.2, -0.15) is 5.26 Å². The second-order valence-corrected chi connectivity index (χ2v) is 5.43. The zero-order chi connectivity index (χ0) is 12.6. The molecule has 94 valence electrons. The molecule has 0 atom stereocenters. The quantitative estimate of drug-likeness (QED) is 0.736. The molecule has 3 aliphatic heterocycles. The topological polar surface area (TPSA) is 27.0 Å². The van der Waals surface area contributed by atoms with Crippen molar-refractivity contribution in [3.8, 4) is 6.07 Å². The summed E-state index contributed by atoms with van der Waals surface area (Å²) in [5, 5.41) is 8.75. The number of quaternary nitrogens is 1. The van der Waals surface area contributed by atoms with E-state index in [4.69, 9.17) is 5.26 Å². The lowest BCUT2D eigenvalue weighted by atomic mass is 10.1. The Kier molecular flexibility index (Phi) is 2.81. The van der Waals surface area contributed by atoms with Crippen LogP contribution < -0.4 is 0 Å². The van der Waals surface area contributed by atoms with Gasteiger partial charge in [-0.25, -0.2) is 4.39 Å². The van der Waals surface area contributed by atoms with E-state index in [1.54, 1.807) is 12.1 Å². The minimum Gasteiger partial charge on any atom is -0.317 e. The Balaban J connectivity index is 1.82. The molecular formula is C14H17FN3+. The average molecular weight is 246 g/mol. The van der Waals surface area contributed by atoms with Crippen LogP contribution in [0.5, 0.6) is 0 Å². The Bertz CT molecular complexity index is 484. The summed E-state index contributed by atoms with van der Waals surface area (Å²) in [6, 6.07) is 6.83. The maximum absolute atomic E-state index is 13.9. The van der Waals surface area contributed by atoms with Crippen LogP contribution in [0.3, 0.4) is 0 Å². The van der Waals surface area contributed by atoms with E-state index in [-0.39, 0.29) is 5.82 Å². The number of piperazine rings is 3. The van der Waals surface area contributed by atoms with Crippen LogP contribution in [-0.2, 0) is 6.54 Å². The van der Waals surface area contributed by atoms with E-state index in [0.717, 1.165) is 55.9 Å². The van der Waals surface area contributed by atoms with Gasteiger partial charge in [0.25, 0.3) is 0 Å². The Morgan fingerprint density at radius 2 is 1.89 bits per heavy atom. The van der Waals surface area contributed by atoms with E-state index < -0.39 is 0 Å². The van der Waals surface area contributed by atoms with E-state index in [1.165, 1.54) is 6.07 Å². The van der Waals surface area contributed by atoms with Crippen LogP contribution in [-0.4, -0.2) is 48.7 Å². The fourth-order valence-corrected chi connectivity index (χ4v) is 3.08. The van der Waals surface area contributed by atoms with Crippen LogP contribution in [0.2, 0.25) is 0 Å². The van der Waals surface area contributed by atoms with Crippen LogP contribution >= 0.6 is 0 Å². The maximum Gasteiger partial charge on any atom is 0.133 e. The molecule has 0 aliphatic carbocycles. The molecule has 1 aromatic carbocycles. The lowest BCUT2D eigenvalue weighted by Gasteiger charge is -2.50. The van der Waals surface area contributed by atoms with Crippen LogP contribution in [0.25, 0.3) is 0 Å². The summed E-state index contributed by atoms with van der Waals surface area (Å²) in [4.78, 5) is 2.48. The molecule has 0 aromatic heterocycles. The van der Waals surface area contributed by atoms with E-state index in [2.05, 4.69) is 4.90 Å². The molecule has 3 nitrogen and oxygen atoms in total. The van der Waals surface area contributed by atoms with Crippen LogP contribution in [0.1, 0.15) is 11.1 Å². The van der Waals surface area contributed by atoms with Crippen molar-refractivity contribution >= 4 is 0 Å². The third kappa shape index (κ3) is 2.00. The highest BCUT2D eigenvalue weighted by atomic mass is 19.1. The van der Waals surface area contributed by atoms with Gasteiger partial charge in [-0.15, -0.1) is 0 Å². The maximum atomic E-state index is 13.9. The first-order valence-electron chi connectivity index (χ1n) is 6.47. The number of fused-ring (bicyclic) bond motifs is 3. The molecule has 0 spiro atoms. The second-order valence-electron chi connectivity index (χ2n) is 5.43. The number of nitrogens with zero attached hydrogens (tertiary/aromatic N) is 3. The Morgan fingerprint density at radius 3 is 2.44 bits per heavy atom. The summed E-state index contributed by atoms with van der Waals surface area (Å²) < 4.78 is 15.0. The van der Waals surface area contributed by atoms with E-state index in [1.807, 2.05) is 6.07 Å². The molecule has 3 aliphatic rings. The molecule has 2 bridgehead atoms. The van der Waals surface area contributed by atoms with Gasteiger partial charge in [0.2, 0.25) is 0 Å². The third-order valence-electron chi connectivity index (χ3n) is 4.36. The van der Waals surface area contributed by atoms with Gasteiger partial charge in [0, 0.05) is 25.2 Å². The summed E-state index contributed by atoms with van der Waals surface area (Å²) >= 11 is 0. The zero-order valence-corrected chi connectivity index (χ0v) is 10.4. The lowest BCUT2D eigenvalue weighted by molar-refractivity contribution is -0.953. The number of benzene rings is 1. The molecule has 3 fully saturated rings. The van der Waals surface area contributed by atoms with Gasteiger partial charge in [-0.1, -0.05) is 0 Å². The van der Waals surface area contributed by atoms with Gasteiger partial charge in [0.1, 0.15) is 12.4 Å². The second kappa shape index (κ2) is 4.34. The number of halogens is 1. The first-order chi connectivity index (χ1) is 8.71. The van der Waals surface area contributed by atoms with Gasteiger partial charge in [0.05, 0.1) is 31.3 Å². The molecule has 3 saturated heterocycles. The van der Waals surface area contributed by atoms with Crippen molar-refractivity contribution in [2.75, 3.05) is 39.3 Å². The summed E-state index contributed by atoms with van der Waals surface area (Å²) in [5.41, 5.74) is 1.16. The smallest absolute Gasteiger partial charge is 0.133 e. The predicted molar refractivity (Wildman–Crippen MR) is 66.1 cm³/mol. The third-order valence-corrected chi connectivity index (χ3v) is 4.36. The van der Waals surface area contributed by atoms with Crippen LogP contribution in [0.15, 0.2) is 18.2 Å². The van der Waals surface area contributed by atoms with Crippen molar-refractivity contribution < 1.29 is 8.87 Å². The Morgan fingerprint density at radius 1 is 1.22 bits per heavy atom. The predicted octanol–water partition coefficient (Wildman–Crippen LogP) is 1.34. The van der Waals surface area contributed by atoms with Gasteiger partial charge >= 0.3 is 0 Å². The minimum absolute atomic E-state index is 0.227. The molecule has 3 heterocycles. The summed E-state index contributed by atoms with van der Waals surface area (Å²) in [5.74, 6) is -0.227.